The molecule has 0 unspecified atom stereocenters. The van der Waals surface area contributed by atoms with Crippen LogP contribution >= 0.6 is 0 Å². The molecule has 2 rings (SSSR count). The molecule has 23 heavy (non-hydrogen) atoms. The summed E-state index contributed by atoms with van der Waals surface area (Å²) in [5.41, 5.74) is -0.279. The predicted molar refractivity (Wildman–Crippen MR) is 71.4 cm³/mol. The first-order chi connectivity index (χ1) is 10.8. The minimum Gasteiger partial charge on any atom is -0.329 e. The zero-order valence-corrected chi connectivity index (χ0v) is 11.4. The van der Waals surface area contributed by atoms with Gasteiger partial charge in [-0.25, -0.2) is 9.48 Å². The molecule has 0 saturated heterocycles. The third-order valence-electron chi connectivity index (χ3n) is 2.63. The summed E-state index contributed by atoms with van der Waals surface area (Å²) in [5, 5.41) is 10.6. The maximum Gasteiger partial charge on any atom is 0.405 e. The number of hydrogen-bond donors (Lipinski definition) is 2. The van der Waals surface area contributed by atoms with Gasteiger partial charge in [-0.3, -0.25) is 14.9 Å². The highest BCUT2D eigenvalue weighted by Gasteiger charge is 2.28. The molecule has 0 saturated carbocycles. The van der Waals surface area contributed by atoms with Crippen LogP contribution in [0.25, 0.3) is 10.9 Å². The summed E-state index contributed by atoms with van der Waals surface area (Å²) >= 11 is 0. The highest BCUT2D eigenvalue weighted by atomic mass is 19.4. The number of halogens is 3. The number of carbonyl (C=O) groups excluding carboxylic acids is 2. The number of benzene rings is 1. The molecular formula is C12H10F3N5O3. The van der Waals surface area contributed by atoms with Crippen LogP contribution in [-0.4, -0.2) is 39.7 Å². The lowest BCUT2D eigenvalue weighted by Gasteiger charge is -2.09. The van der Waals surface area contributed by atoms with Gasteiger partial charge in [-0.1, -0.05) is 17.3 Å². The van der Waals surface area contributed by atoms with Gasteiger partial charge in [-0.05, 0) is 12.1 Å². The topological polar surface area (TPSA) is 106 Å². The Kier molecular flexibility index (Phi) is 4.57. The fourth-order valence-electron chi connectivity index (χ4n) is 1.65. The Labute approximate surface area is 126 Å². The first-order valence-corrected chi connectivity index (χ1v) is 6.23. The summed E-state index contributed by atoms with van der Waals surface area (Å²) < 4.78 is 36.4. The Morgan fingerprint density at radius 2 is 1.91 bits per heavy atom. The van der Waals surface area contributed by atoms with E-state index in [-0.39, 0.29) is 5.39 Å². The monoisotopic (exact) mass is 329 g/mol. The van der Waals surface area contributed by atoms with Gasteiger partial charge >= 0.3 is 12.2 Å². The number of amides is 3. The minimum absolute atomic E-state index is 0.219. The lowest BCUT2D eigenvalue weighted by Crippen LogP contribution is -2.45. The van der Waals surface area contributed by atoms with E-state index < -0.39 is 36.8 Å². The van der Waals surface area contributed by atoms with E-state index in [1.807, 2.05) is 0 Å². The van der Waals surface area contributed by atoms with Gasteiger partial charge in [-0.15, -0.1) is 5.10 Å². The van der Waals surface area contributed by atoms with Crippen molar-refractivity contribution in [1.82, 2.24) is 25.6 Å². The number of urea groups is 1. The second-order valence-corrected chi connectivity index (χ2v) is 4.42. The average Bonchev–Trinajstić information content (AvgIpc) is 2.48. The van der Waals surface area contributed by atoms with Crippen LogP contribution in [0, 0.1) is 0 Å². The number of rotatable bonds is 3. The van der Waals surface area contributed by atoms with Gasteiger partial charge in [0.25, 0.3) is 5.56 Å². The van der Waals surface area contributed by atoms with Crippen LogP contribution in [-0.2, 0) is 11.3 Å². The van der Waals surface area contributed by atoms with Crippen LogP contribution in [0.4, 0.5) is 18.0 Å². The molecule has 0 aliphatic rings. The van der Waals surface area contributed by atoms with Gasteiger partial charge in [0.05, 0.1) is 5.39 Å². The maximum atomic E-state index is 12.0. The lowest BCUT2D eigenvalue weighted by atomic mass is 10.2. The normalized spacial score (nSPS) is 11.3. The molecular weight excluding hydrogens is 319 g/mol. The molecule has 11 heteroatoms. The summed E-state index contributed by atoms with van der Waals surface area (Å²) in [5.74, 6) is -1.00. The van der Waals surface area contributed by atoms with Crippen molar-refractivity contribution in [3.8, 4) is 0 Å². The summed E-state index contributed by atoms with van der Waals surface area (Å²) in [4.78, 5) is 34.7. The van der Waals surface area contributed by atoms with Crippen molar-refractivity contribution in [2.24, 2.45) is 0 Å². The predicted octanol–water partition coefficient (Wildman–Crippen LogP) is 0.180. The van der Waals surface area contributed by atoms with Crippen molar-refractivity contribution in [2.45, 2.75) is 12.7 Å². The molecule has 122 valence electrons. The summed E-state index contributed by atoms with van der Waals surface area (Å²) in [7, 11) is 0. The Bertz CT molecular complexity index is 802. The zero-order chi connectivity index (χ0) is 17.0. The third kappa shape index (κ3) is 4.49. The number of aromatic nitrogens is 3. The molecule has 1 aromatic heterocycles. The van der Waals surface area contributed by atoms with E-state index in [0.717, 1.165) is 0 Å². The standard InChI is InChI=1S/C12H10F3N5O3/c13-12(14,15)6-16-11(23)17-9(21)5-20-10(22)7-3-1-2-4-8(7)18-19-20/h1-4H,5-6H2,(H2,16,17,21,23). The average molecular weight is 329 g/mol. The van der Waals surface area contributed by atoms with Crippen molar-refractivity contribution >= 4 is 22.8 Å². The second kappa shape index (κ2) is 6.42. The molecule has 8 nitrogen and oxygen atoms in total. The van der Waals surface area contributed by atoms with Crippen LogP contribution in [0.5, 0.6) is 0 Å². The number of carbonyl (C=O) groups is 2. The molecule has 0 aliphatic heterocycles. The molecule has 0 spiro atoms. The van der Waals surface area contributed by atoms with Gasteiger partial charge in [-0.2, -0.15) is 13.2 Å². The number of imide groups is 1. The molecule has 1 aromatic carbocycles. The quantitative estimate of drug-likeness (QED) is 0.835. The Hall–Kier alpha value is -2.98. The van der Waals surface area contributed by atoms with Crippen LogP contribution in [0.15, 0.2) is 29.1 Å². The maximum absolute atomic E-state index is 12.0. The second-order valence-electron chi connectivity index (χ2n) is 4.42. The van der Waals surface area contributed by atoms with E-state index in [1.165, 1.54) is 11.4 Å². The van der Waals surface area contributed by atoms with E-state index in [9.17, 15) is 27.6 Å². The summed E-state index contributed by atoms with van der Waals surface area (Å²) in [6.07, 6.45) is -4.60. The highest BCUT2D eigenvalue weighted by Crippen LogP contribution is 2.11. The van der Waals surface area contributed by atoms with Crippen LogP contribution < -0.4 is 16.2 Å². The van der Waals surface area contributed by atoms with Crippen molar-refractivity contribution in [2.75, 3.05) is 6.54 Å². The van der Waals surface area contributed by atoms with E-state index in [0.29, 0.717) is 10.2 Å². The van der Waals surface area contributed by atoms with Crippen LogP contribution in [0.3, 0.4) is 0 Å². The van der Waals surface area contributed by atoms with Gasteiger partial charge in [0, 0.05) is 0 Å². The zero-order valence-electron chi connectivity index (χ0n) is 11.4. The van der Waals surface area contributed by atoms with Crippen molar-refractivity contribution < 1.29 is 22.8 Å². The Morgan fingerprint density at radius 3 is 2.61 bits per heavy atom. The van der Waals surface area contributed by atoms with Gasteiger partial charge in [0.1, 0.15) is 18.6 Å². The first kappa shape index (κ1) is 16.4. The third-order valence-corrected chi connectivity index (χ3v) is 2.63. The Morgan fingerprint density at radius 1 is 1.22 bits per heavy atom. The summed E-state index contributed by atoms with van der Waals surface area (Å²) in [6, 6.07) is 4.96. The van der Waals surface area contributed by atoms with Gasteiger partial charge in [0.15, 0.2) is 0 Å². The van der Waals surface area contributed by atoms with Gasteiger partial charge < -0.3 is 5.32 Å². The number of hydrogen-bond acceptors (Lipinski definition) is 5. The number of fused-ring (bicyclic) bond motifs is 1. The lowest BCUT2D eigenvalue weighted by molar-refractivity contribution is -0.125. The first-order valence-electron chi connectivity index (χ1n) is 6.23. The molecule has 0 bridgehead atoms. The largest absolute Gasteiger partial charge is 0.405 e. The van der Waals surface area contributed by atoms with E-state index in [1.54, 1.807) is 23.5 Å². The number of alkyl halides is 3. The molecule has 0 atom stereocenters. The van der Waals surface area contributed by atoms with E-state index in [2.05, 4.69) is 10.3 Å². The molecule has 3 amide bonds. The van der Waals surface area contributed by atoms with Crippen molar-refractivity contribution in [3.05, 3.63) is 34.6 Å². The number of nitrogens with one attached hydrogen (secondary N) is 2. The number of nitrogens with zero attached hydrogens (tertiary/aromatic N) is 3. The Balaban J connectivity index is 2.02. The van der Waals surface area contributed by atoms with E-state index in [4.69, 9.17) is 0 Å². The fourth-order valence-corrected chi connectivity index (χ4v) is 1.65. The van der Waals surface area contributed by atoms with Crippen molar-refractivity contribution in [1.29, 1.82) is 0 Å². The molecule has 0 aliphatic carbocycles. The van der Waals surface area contributed by atoms with Crippen LogP contribution in [0.2, 0.25) is 0 Å². The SMILES string of the molecule is O=C(Cn1nnc2ccccc2c1=O)NC(=O)NCC(F)(F)F. The smallest absolute Gasteiger partial charge is 0.329 e. The van der Waals surface area contributed by atoms with E-state index >= 15 is 0 Å². The molecule has 0 fully saturated rings. The fraction of sp³-hybridized carbons (Fsp3) is 0.250. The molecule has 0 radical (unpaired) electrons. The van der Waals surface area contributed by atoms with Crippen molar-refractivity contribution in [3.63, 3.8) is 0 Å². The molecule has 1 heterocycles. The van der Waals surface area contributed by atoms with Crippen LogP contribution in [0.1, 0.15) is 0 Å². The van der Waals surface area contributed by atoms with Gasteiger partial charge in [0.2, 0.25) is 5.91 Å². The minimum atomic E-state index is -4.60. The molecule has 2 aromatic rings. The highest BCUT2D eigenvalue weighted by molar-refractivity contribution is 5.94. The summed E-state index contributed by atoms with van der Waals surface area (Å²) in [6.45, 7) is -2.24. The molecule has 2 N–H and O–H groups in total.